The molecule has 4 heteroatoms. The van der Waals surface area contributed by atoms with Crippen LogP contribution in [0.2, 0.25) is 0 Å². The van der Waals surface area contributed by atoms with E-state index in [4.69, 9.17) is 4.74 Å². The molecule has 1 aliphatic rings. The fraction of sp³-hybridized carbons (Fsp3) is 0.933. The van der Waals surface area contributed by atoms with Gasteiger partial charge in [-0.15, -0.1) is 0 Å². The summed E-state index contributed by atoms with van der Waals surface area (Å²) in [4.78, 5) is 16.3. The highest BCUT2D eigenvalue weighted by molar-refractivity contribution is 5.68. The fourth-order valence-electron chi connectivity index (χ4n) is 2.47. The molecule has 19 heavy (non-hydrogen) atoms. The van der Waals surface area contributed by atoms with Gasteiger partial charge in [-0.25, -0.2) is 4.79 Å². The standard InChI is InChI=1S/C15H30N2O2/c1-6-16(7-2)12-13-8-10-17(11-9-13)14(18)19-15(3,4)5/h13H,6-12H2,1-5H3. The molecule has 1 saturated heterocycles. The molecule has 1 amide bonds. The third-order valence-electron chi connectivity index (χ3n) is 3.68. The Kier molecular flexibility index (Phi) is 6.11. The van der Waals surface area contributed by atoms with Crippen LogP contribution in [0.4, 0.5) is 4.79 Å². The van der Waals surface area contributed by atoms with Gasteiger partial charge in [0.15, 0.2) is 0 Å². The van der Waals surface area contributed by atoms with Crippen LogP contribution in [0.25, 0.3) is 0 Å². The van der Waals surface area contributed by atoms with Gasteiger partial charge in [0.2, 0.25) is 0 Å². The van der Waals surface area contributed by atoms with E-state index in [2.05, 4.69) is 18.7 Å². The van der Waals surface area contributed by atoms with E-state index in [0.717, 1.165) is 51.5 Å². The van der Waals surface area contributed by atoms with E-state index in [9.17, 15) is 4.79 Å². The van der Waals surface area contributed by atoms with Gasteiger partial charge in [-0.3, -0.25) is 0 Å². The first-order valence-electron chi connectivity index (χ1n) is 7.56. The van der Waals surface area contributed by atoms with E-state index in [-0.39, 0.29) is 6.09 Å². The van der Waals surface area contributed by atoms with E-state index >= 15 is 0 Å². The van der Waals surface area contributed by atoms with Crippen LogP contribution in [0, 0.1) is 5.92 Å². The Morgan fingerprint density at radius 2 is 1.74 bits per heavy atom. The van der Waals surface area contributed by atoms with Gasteiger partial charge in [0.25, 0.3) is 0 Å². The second-order valence-electron chi connectivity index (χ2n) is 6.40. The third-order valence-corrected chi connectivity index (χ3v) is 3.68. The van der Waals surface area contributed by atoms with Crippen molar-refractivity contribution in [1.82, 2.24) is 9.80 Å². The zero-order chi connectivity index (χ0) is 14.5. The summed E-state index contributed by atoms with van der Waals surface area (Å²) in [5, 5.41) is 0. The van der Waals surface area contributed by atoms with Crippen molar-refractivity contribution in [1.29, 1.82) is 0 Å². The monoisotopic (exact) mass is 270 g/mol. The highest BCUT2D eigenvalue weighted by atomic mass is 16.6. The molecule has 1 rings (SSSR count). The molecule has 1 heterocycles. The Bertz CT molecular complexity index is 274. The van der Waals surface area contributed by atoms with Crippen molar-refractivity contribution in [3.63, 3.8) is 0 Å². The minimum atomic E-state index is -0.394. The van der Waals surface area contributed by atoms with Crippen molar-refractivity contribution in [3.8, 4) is 0 Å². The third kappa shape index (κ3) is 5.81. The average molecular weight is 270 g/mol. The lowest BCUT2D eigenvalue weighted by Gasteiger charge is -2.35. The summed E-state index contributed by atoms with van der Waals surface area (Å²) >= 11 is 0. The highest BCUT2D eigenvalue weighted by Gasteiger charge is 2.27. The number of carbonyl (C=O) groups is 1. The number of amides is 1. The molecule has 1 aliphatic heterocycles. The van der Waals surface area contributed by atoms with Crippen molar-refractivity contribution in [2.45, 2.75) is 53.1 Å². The molecule has 0 spiro atoms. The van der Waals surface area contributed by atoms with E-state index < -0.39 is 5.60 Å². The van der Waals surface area contributed by atoms with E-state index in [1.807, 2.05) is 25.7 Å². The van der Waals surface area contributed by atoms with Crippen LogP contribution >= 0.6 is 0 Å². The van der Waals surface area contributed by atoms with Gasteiger partial charge in [0.1, 0.15) is 5.60 Å². The van der Waals surface area contributed by atoms with Gasteiger partial charge in [0, 0.05) is 19.6 Å². The lowest BCUT2D eigenvalue weighted by molar-refractivity contribution is 0.0171. The van der Waals surface area contributed by atoms with E-state index in [1.165, 1.54) is 0 Å². The summed E-state index contributed by atoms with van der Waals surface area (Å²) in [5.74, 6) is 0.721. The maximum absolute atomic E-state index is 11.9. The first-order chi connectivity index (χ1) is 8.85. The molecule has 1 fully saturated rings. The van der Waals surface area contributed by atoms with Crippen LogP contribution in [0.5, 0.6) is 0 Å². The molecule has 0 atom stereocenters. The van der Waals surface area contributed by atoms with Crippen LogP contribution in [-0.2, 0) is 4.74 Å². The molecule has 0 saturated carbocycles. The number of nitrogens with zero attached hydrogens (tertiary/aromatic N) is 2. The van der Waals surface area contributed by atoms with Gasteiger partial charge in [0.05, 0.1) is 0 Å². The minimum Gasteiger partial charge on any atom is -0.444 e. The molecule has 0 aromatic heterocycles. The largest absolute Gasteiger partial charge is 0.444 e. The number of likely N-dealkylation sites (tertiary alicyclic amines) is 1. The lowest BCUT2D eigenvalue weighted by Crippen LogP contribution is -2.43. The van der Waals surface area contributed by atoms with Crippen LogP contribution in [0.15, 0.2) is 0 Å². The summed E-state index contributed by atoms with van der Waals surface area (Å²) in [6, 6.07) is 0. The summed E-state index contributed by atoms with van der Waals surface area (Å²) in [6.45, 7) is 15.2. The molecular formula is C15H30N2O2. The molecule has 0 radical (unpaired) electrons. The number of rotatable bonds is 4. The molecule has 0 bridgehead atoms. The predicted octanol–water partition coefficient (Wildman–Crippen LogP) is 2.98. The average Bonchev–Trinajstić information content (AvgIpc) is 2.34. The molecule has 0 N–H and O–H groups in total. The molecule has 112 valence electrons. The van der Waals surface area contributed by atoms with E-state index in [0.29, 0.717) is 0 Å². The van der Waals surface area contributed by atoms with Gasteiger partial charge in [-0.05, 0) is 52.6 Å². The van der Waals surface area contributed by atoms with Crippen molar-refractivity contribution < 1.29 is 9.53 Å². The zero-order valence-corrected chi connectivity index (χ0v) is 13.2. The van der Waals surface area contributed by atoms with Crippen molar-refractivity contribution in [2.75, 3.05) is 32.7 Å². The number of ether oxygens (including phenoxy) is 1. The van der Waals surface area contributed by atoms with Crippen LogP contribution < -0.4 is 0 Å². The molecule has 0 aliphatic carbocycles. The topological polar surface area (TPSA) is 32.8 Å². The van der Waals surface area contributed by atoms with Gasteiger partial charge in [-0.1, -0.05) is 13.8 Å². The lowest BCUT2D eigenvalue weighted by atomic mass is 9.96. The first-order valence-corrected chi connectivity index (χ1v) is 7.56. The Morgan fingerprint density at radius 1 is 1.21 bits per heavy atom. The van der Waals surface area contributed by atoms with Crippen molar-refractivity contribution in [2.24, 2.45) is 5.92 Å². The smallest absolute Gasteiger partial charge is 0.410 e. The number of hydrogen-bond acceptors (Lipinski definition) is 3. The second-order valence-corrected chi connectivity index (χ2v) is 6.40. The molecule has 4 nitrogen and oxygen atoms in total. The van der Waals surface area contributed by atoms with Gasteiger partial charge in [-0.2, -0.15) is 0 Å². The zero-order valence-electron chi connectivity index (χ0n) is 13.2. The molecule has 0 aromatic rings. The van der Waals surface area contributed by atoms with E-state index in [1.54, 1.807) is 0 Å². The Balaban J connectivity index is 2.34. The van der Waals surface area contributed by atoms with Crippen molar-refractivity contribution >= 4 is 6.09 Å². The van der Waals surface area contributed by atoms with Crippen LogP contribution in [-0.4, -0.2) is 54.2 Å². The maximum Gasteiger partial charge on any atom is 0.410 e. The summed E-state index contributed by atoms with van der Waals surface area (Å²) < 4.78 is 5.41. The van der Waals surface area contributed by atoms with Gasteiger partial charge >= 0.3 is 6.09 Å². The molecular weight excluding hydrogens is 240 g/mol. The number of carbonyl (C=O) groups excluding carboxylic acids is 1. The fourth-order valence-corrected chi connectivity index (χ4v) is 2.47. The summed E-state index contributed by atoms with van der Waals surface area (Å²) in [7, 11) is 0. The summed E-state index contributed by atoms with van der Waals surface area (Å²) in [6.07, 6.45) is 2.03. The normalized spacial score (nSPS) is 17.9. The predicted molar refractivity (Wildman–Crippen MR) is 78.3 cm³/mol. The first kappa shape index (κ1) is 16.3. The Morgan fingerprint density at radius 3 is 2.16 bits per heavy atom. The minimum absolute atomic E-state index is 0.159. The van der Waals surface area contributed by atoms with Crippen LogP contribution in [0.3, 0.4) is 0 Å². The SMILES string of the molecule is CCN(CC)CC1CCN(C(=O)OC(C)(C)C)CC1. The summed E-state index contributed by atoms with van der Waals surface area (Å²) in [5.41, 5.74) is -0.394. The Hall–Kier alpha value is -0.770. The molecule has 0 aromatic carbocycles. The number of piperidine rings is 1. The second kappa shape index (κ2) is 7.13. The quantitative estimate of drug-likeness (QED) is 0.787. The highest BCUT2D eigenvalue weighted by Crippen LogP contribution is 2.20. The van der Waals surface area contributed by atoms with Crippen molar-refractivity contribution in [3.05, 3.63) is 0 Å². The number of hydrogen-bond donors (Lipinski definition) is 0. The van der Waals surface area contributed by atoms with Crippen LogP contribution in [0.1, 0.15) is 47.5 Å². The van der Waals surface area contributed by atoms with Gasteiger partial charge < -0.3 is 14.5 Å². The maximum atomic E-state index is 11.9. The molecule has 0 unspecified atom stereocenters. The Labute approximate surface area is 118 Å².